The third kappa shape index (κ3) is 3.30. The number of carbonyl (C=O) groups is 1. The Bertz CT molecular complexity index is 414. The quantitative estimate of drug-likeness (QED) is 0.837. The van der Waals surface area contributed by atoms with E-state index >= 15 is 0 Å². The third-order valence-corrected chi connectivity index (χ3v) is 3.51. The Kier molecular flexibility index (Phi) is 4.18. The zero-order valence-electron chi connectivity index (χ0n) is 9.91. The molecule has 0 saturated carbocycles. The molecule has 1 fully saturated rings. The van der Waals surface area contributed by atoms with Gasteiger partial charge in [0.05, 0.1) is 19.6 Å². The second-order valence-corrected chi connectivity index (χ2v) is 5.16. The first kappa shape index (κ1) is 12.6. The maximum Gasteiger partial charge on any atom is 0.227 e. The number of morpholine rings is 1. The minimum absolute atomic E-state index is 0.189. The molecular weight excluding hydrogens is 282 g/mol. The molecule has 1 aromatic carbocycles. The molecule has 0 N–H and O–H groups in total. The van der Waals surface area contributed by atoms with Crippen molar-refractivity contribution in [2.75, 3.05) is 26.3 Å². The summed E-state index contributed by atoms with van der Waals surface area (Å²) in [7, 11) is 0. The van der Waals surface area contributed by atoms with Crippen molar-refractivity contribution in [3.8, 4) is 0 Å². The van der Waals surface area contributed by atoms with Gasteiger partial charge in [0, 0.05) is 17.6 Å². The normalized spacial score (nSPS) is 16.0. The van der Waals surface area contributed by atoms with Gasteiger partial charge >= 0.3 is 0 Å². The van der Waals surface area contributed by atoms with E-state index in [4.69, 9.17) is 4.74 Å². The fraction of sp³-hybridized carbons (Fsp3) is 0.462. The highest BCUT2D eigenvalue weighted by Crippen LogP contribution is 2.17. The van der Waals surface area contributed by atoms with Gasteiger partial charge in [0.25, 0.3) is 0 Å². The molecule has 0 atom stereocenters. The molecule has 0 unspecified atom stereocenters. The number of benzene rings is 1. The van der Waals surface area contributed by atoms with Crippen molar-refractivity contribution in [1.82, 2.24) is 4.90 Å². The standard InChI is InChI=1S/C13H16BrNO2/c1-10-2-3-12(14)8-11(10)9-13(16)15-4-6-17-7-5-15/h2-3,8H,4-7,9H2,1H3. The largest absolute Gasteiger partial charge is 0.378 e. The van der Waals surface area contributed by atoms with Gasteiger partial charge in [0.15, 0.2) is 0 Å². The molecule has 3 nitrogen and oxygen atoms in total. The summed E-state index contributed by atoms with van der Waals surface area (Å²) in [6.07, 6.45) is 0.477. The molecule has 1 heterocycles. The van der Waals surface area contributed by atoms with E-state index in [0.717, 1.165) is 15.6 Å². The Balaban J connectivity index is 2.04. The first-order valence-corrected chi connectivity index (χ1v) is 6.56. The molecule has 0 bridgehead atoms. The minimum Gasteiger partial charge on any atom is -0.378 e. The van der Waals surface area contributed by atoms with Gasteiger partial charge in [-0.25, -0.2) is 0 Å². The lowest BCUT2D eigenvalue weighted by Gasteiger charge is -2.27. The average molecular weight is 298 g/mol. The van der Waals surface area contributed by atoms with Gasteiger partial charge in [0.2, 0.25) is 5.91 Å². The average Bonchev–Trinajstić information content (AvgIpc) is 2.35. The number of rotatable bonds is 2. The van der Waals surface area contributed by atoms with Crippen molar-refractivity contribution in [2.24, 2.45) is 0 Å². The topological polar surface area (TPSA) is 29.5 Å². The summed E-state index contributed by atoms with van der Waals surface area (Å²) < 4.78 is 6.26. The van der Waals surface area contributed by atoms with Crippen LogP contribution in [0.15, 0.2) is 22.7 Å². The van der Waals surface area contributed by atoms with Gasteiger partial charge < -0.3 is 9.64 Å². The molecule has 0 radical (unpaired) electrons. The molecular formula is C13H16BrNO2. The lowest BCUT2D eigenvalue weighted by atomic mass is 10.1. The minimum atomic E-state index is 0.189. The van der Waals surface area contributed by atoms with Crippen LogP contribution >= 0.6 is 15.9 Å². The van der Waals surface area contributed by atoms with Crippen molar-refractivity contribution in [3.05, 3.63) is 33.8 Å². The molecule has 1 aliphatic rings. The maximum absolute atomic E-state index is 12.1. The third-order valence-electron chi connectivity index (χ3n) is 3.02. The molecule has 0 aliphatic carbocycles. The summed E-state index contributed by atoms with van der Waals surface area (Å²) >= 11 is 3.44. The van der Waals surface area contributed by atoms with Gasteiger partial charge in [0.1, 0.15) is 0 Å². The predicted octanol–water partition coefficient (Wildman–Crippen LogP) is 2.16. The highest BCUT2D eigenvalue weighted by Gasteiger charge is 2.17. The van der Waals surface area contributed by atoms with E-state index in [2.05, 4.69) is 15.9 Å². The number of ether oxygens (including phenoxy) is 1. The van der Waals surface area contributed by atoms with Crippen molar-refractivity contribution < 1.29 is 9.53 Å². The highest BCUT2D eigenvalue weighted by atomic mass is 79.9. The van der Waals surface area contributed by atoms with Gasteiger partial charge in [-0.15, -0.1) is 0 Å². The second-order valence-electron chi connectivity index (χ2n) is 4.24. The SMILES string of the molecule is Cc1ccc(Br)cc1CC(=O)N1CCOCC1. The molecule has 1 amide bonds. The molecule has 0 aromatic heterocycles. The Morgan fingerprint density at radius 2 is 2.12 bits per heavy atom. The molecule has 1 saturated heterocycles. The van der Waals surface area contributed by atoms with E-state index in [1.54, 1.807) is 0 Å². The van der Waals surface area contributed by atoms with Gasteiger partial charge in [-0.05, 0) is 30.2 Å². The Morgan fingerprint density at radius 1 is 1.41 bits per heavy atom. The monoisotopic (exact) mass is 297 g/mol. The first-order valence-electron chi connectivity index (χ1n) is 5.77. The molecule has 1 aromatic rings. The number of nitrogens with zero attached hydrogens (tertiary/aromatic N) is 1. The Hall–Kier alpha value is -0.870. The second kappa shape index (κ2) is 5.65. The van der Waals surface area contributed by atoms with Crippen LogP contribution in [0.25, 0.3) is 0 Å². The van der Waals surface area contributed by atoms with Crippen LogP contribution < -0.4 is 0 Å². The molecule has 1 aliphatic heterocycles. The highest BCUT2D eigenvalue weighted by molar-refractivity contribution is 9.10. The van der Waals surface area contributed by atoms with Crippen LogP contribution in [0, 0.1) is 6.92 Å². The molecule has 92 valence electrons. The van der Waals surface area contributed by atoms with Crippen molar-refractivity contribution in [3.63, 3.8) is 0 Å². The van der Waals surface area contributed by atoms with Crippen LogP contribution in [0.2, 0.25) is 0 Å². The molecule has 17 heavy (non-hydrogen) atoms. The molecule has 4 heteroatoms. The van der Waals surface area contributed by atoms with E-state index in [9.17, 15) is 4.79 Å². The zero-order valence-corrected chi connectivity index (χ0v) is 11.5. The van der Waals surface area contributed by atoms with E-state index in [1.807, 2.05) is 30.0 Å². The summed E-state index contributed by atoms with van der Waals surface area (Å²) in [5, 5.41) is 0. The number of halogens is 1. The fourth-order valence-electron chi connectivity index (χ4n) is 1.92. The van der Waals surface area contributed by atoms with Gasteiger partial charge in [-0.3, -0.25) is 4.79 Å². The summed E-state index contributed by atoms with van der Waals surface area (Å²) in [6, 6.07) is 6.05. The Labute approximate surface area is 110 Å². The van der Waals surface area contributed by atoms with Crippen molar-refractivity contribution in [1.29, 1.82) is 0 Å². The summed E-state index contributed by atoms with van der Waals surface area (Å²) in [5.74, 6) is 0.189. The summed E-state index contributed by atoms with van der Waals surface area (Å²) in [6.45, 7) is 4.78. The van der Waals surface area contributed by atoms with Crippen LogP contribution in [0.1, 0.15) is 11.1 Å². The van der Waals surface area contributed by atoms with Gasteiger partial charge in [-0.1, -0.05) is 22.0 Å². The Morgan fingerprint density at radius 3 is 2.82 bits per heavy atom. The smallest absolute Gasteiger partial charge is 0.227 e. The molecule has 0 spiro atoms. The molecule has 2 rings (SSSR count). The number of hydrogen-bond donors (Lipinski definition) is 0. The number of hydrogen-bond acceptors (Lipinski definition) is 2. The zero-order chi connectivity index (χ0) is 12.3. The van der Waals surface area contributed by atoms with Crippen LogP contribution in [0.4, 0.5) is 0 Å². The summed E-state index contributed by atoms with van der Waals surface area (Å²) in [4.78, 5) is 14.0. The van der Waals surface area contributed by atoms with E-state index in [1.165, 1.54) is 0 Å². The predicted molar refractivity (Wildman–Crippen MR) is 70.0 cm³/mol. The van der Waals surface area contributed by atoms with Crippen LogP contribution in [-0.2, 0) is 16.0 Å². The van der Waals surface area contributed by atoms with Crippen LogP contribution in [0.5, 0.6) is 0 Å². The number of aryl methyl sites for hydroxylation is 1. The number of carbonyl (C=O) groups excluding carboxylic acids is 1. The van der Waals surface area contributed by atoms with Gasteiger partial charge in [-0.2, -0.15) is 0 Å². The lowest BCUT2D eigenvalue weighted by Crippen LogP contribution is -2.41. The summed E-state index contributed by atoms with van der Waals surface area (Å²) in [5.41, 5.74) is 2.26. The lowest BCUT2D eigenvalue weighted by molar-refractivity contribution is -0.134. The van der Waals surface area contributed by atoms with E-state index in [0.29, 0.717) is 32.7 Å². The van der Waals surface area contributed by atoms with Crippen LogP contribution in [0.3, 0.4) is 0 Å². The van der Waals surface area contributed by atoms with E-state index < -0.39 is 0 Å². The maximum atomic E-state index is 12.1. The van der Waals surface area contributed by atoms with Crippen molar-refractivity contribution >= 4 is 21.8 Å². The number of amides is 1. The fourth-order valence-corrected chi connectivity index (χ4v) is 2.33. The van der Waals surface area contributed by atoms with E-state index in [-0.39, 0.29) is 5.91 Å². The van der Waals surface area contributed by atoms with Crippen molar-refractivity contribution in [2.45, 2.75) is 13.3 Å². The first-order chi connectivity index (χ1) is 8.16. The van der Waals surface area contributed by atoms with Crippen LogP contribution in [-0.4, -0.2) is 37.1 Å².